The molecule has 4 atom stereocenters. The molecule has 0 spiro atoms. The van der Waals surface area contributed by atoms with E-state index in [1.54, 1.807) is 28.4 Å². The standard InChI is InChI=1S/C27H36O7/c1-17(2)11-26(28)33-16-21-20(12-18-7-9-22(29-3)24(13-18)31-5)15-34-27(21)19-8-10-23(30-4)25(14-19)32-6/h7-11,13,19-21,27H,12,14-16H2,1-6H3/t19?,20-,21-,27+/m0/s1. The molecule has 1 unspecified atom stereocenters. The number of hydrogen-bond donors (Lipinski definition) is 0. The molecule has 1 saturated heterocycles. The van der Waals surface area contributed by atoms with Crippen molar-refractivity contribution in [1.82, 2.24) is 0 Å². The zero-order valence-corrected chi connectivity index (χ0v) is 21.0. The van der Waals surface area contributed by atoms with Crippen LogP contribution in [0.25, 0.3) is 0 Å². The Morgan fingerprint density at radius 3 is 2.47 bits per heavy atom. The third kappa shape index (κ3) is 6.14. The van der Waals surface area contributed by atoms with Crippen molar-refractivity contribution in [2.24, 2.45) is 17.8 Å². The van der Waals surface area contributed by atoms with E-state index < -0.39 is 0 Å². The van der Waals surface area contributed by atoms with Crippen LogP contribution in [-0.4, -0.2) is 53.7 Å². The molecule has 1 aromatic carbocycles. The van der Waals surface area contributed by atoms with Crippen molar-refractivity contribution < 1.29 is 33.2 Å². The average Bonchev–Trinajstić information content (AvgIpc) is 3.23. The van der Waals surface area contributed by atoms with E-state index in [2.05, 4.69) is 6.08 Å². The van der Waals surface area contributed by atoms with Gasteiger partial charge in [0.05, 0.1) is 47.8 Å². The van der Waals surface area contributed by atoms with E-state index in [4.69, 9.17) is 28.4 Å². The summed E-state index contributed by atoms with van der Waals surface area (Å²) in [7, 11) is 6.54. The highest BCUT2D eigenvalue weighted by Gasteiger charge is 2.42. The smallest absolute Gasteiger partial charge is 0.330 e. The van der Waals surface area contributed by atoms with Gasteiger partial charge in [-0.2, -0.15) is 0 Å². The third-order valence-electron chi connectivity index (χ3n) is 6.38. The molecule has 34 heavy (non-hydrogen) atoms. The van der Waals surface area contributed by atoms with Crippen molar-refractivity contribution in [2.45, 2.75) is 32.8 Å². The van der Waals surface area contributed by atoms with E-state index in [0.29, 0.717) is 31.1 Å². The van der Waals surface area contributed by atoms with E-state index in [1.807, 2.05) is 38.1 Å². The Balaban J connectivity index is 1.80. The van der Waals surface area contributed by atoms with Crippen LogP contribution < -0.4 is 9.47 Å². The average molecular weight is 473 g/mol. The molecule has 0 amide bonds. The largest absolute Gasteiger partial charge is 0.497 e. The predicted molar refractivity (Wildman–Crippen MR) is 129 cm³/mol. The highest BCUT2D eigenvalue weighted by molar-refractivity contribution is 5.82. The lowest BCUT2D eigenvalue weighted by atomic mass is 9.79. The molecule has 0 N–H and O–H groups in total. The predicted octanol–water partition coefficient (Wildman–Crippen LogP) is 4.47. The molecule has 3 rings (SSSR count). The van der Waals surface area contributed by atoms with Gasteiger partial charge in [0.15, 0.2) is 17.3 Å². The molecule has 1 aliphatic carbocycles. The summed E-state index contributed by atoms with van der Waals surface area (Å²) in [6.45, 7) is 4.62. The fourth-order valence-electron chi connectivity index (χ4n) is 4.68. The van der Waals surface area contributed by atoms with Crippen LogP contribution >= 0.6 is 0 Å². The molecule has 186 valence electrons. The topological polar surface area (TPSA) is 72.5 Å². The molecular formula is C27H36O7. The van der Waals surface area contributed by atoms with E-state index in [9.17, 15) is 4.79 Å². The summed E-state index contributed by atoms with van der Waals surface area (Å²) >= 11 is 0. The van der Waals surface area contributed by atoms with Gasteiger partial charge in [-0.25, -0.2) is 4.79 Å². The third-order valence-corrected chi connectivity index (χ3v) is 6.38. The summed E-state index contributed by atoms with van der Waals surface area (Å²) in [6, 6.07) is 5.95. The van der Waals surface area contributed by atoms with Gasteiger partial charge < -0.3 is 28.4 Å². The Kier molecular flexibility index (Phi) is 9.05. The van der Waals surface area contributed by atoms with Crippen LogP contribution in [0.5, 0.6) is 11.5 Å². The summed E-state index contributed by atoms with van der Waals surface area (Å²) in [5.41, 5.74) is 2.02. The Labute approximate surface area is 202 Å². The summed E-state index contributed by atoms with van der Waals surface area (Å²) < 4.78 is 33.8. The normalized spacial score (nSPS) is 23.9. The molecule has 1 aromatic rings. The maximum atomic E-state index is 12.3. The second-order valence-electron chi connectivity index (χ2n) is 8.89. The van der Waals surface area contributed by atoms with Crippen molar-refractivity contribution in [3.8, 4) is 11.5 Å². The van der Waals surface area contributed by atoms with Gasteiger partial charge in [-0.1, -0.05) is 17.7 Å². The van der Waals surface area contributed by atoms with E-state index >= 15 is 0 Å². The summed E-state index contributed by atoms with van der Waals surface area (Å²) in [6.07, 6.45) is 6.90. The zero-order valence-electron chi connectivity index (χ0n) is 21.0. The Morgan fingerprint density at radius 2 is 1.82 bits per heavy atom. The number of hydrogen-bond acceptors (Lipinski definition) is 7. The van der Waals surface area contributed by atoms with Crippen LogP contribution in [0.2, 0.25) is 0 Å². The minimum absolute atomic E-state index is 0.0273. The minimum Gasteiger partial charge on any atom is -0.497 e. The molecular weight excluding hydrogens is 436 g/mol. The second kappa shape index (κ2) is 12.0. The number of rotatable bonds is 10. The highest BCUT2D eigenvalue weighted by atomic mass is 16.5. The molecule has 7 nitrogen and oxygen atoms in total. The van der Waals surface area contributed by atoms with Gasteiger partial charge in [0.2, 0.25) is 0 Å². The molecule has 0 aromatic heterocycles. The van der Waals surface area contributed by atoms with Crippen LogP contribution in [0.3, 0.4) is 0 Å². The maximum Gasteiger partial charge on any atom is 0.330 e. The lowest BCUT2D eigenvalue weighted by Crippen LogP contribution is -2.33. The zero-order chi connectivity index (χ0) is 24.7. The van der Waals surface area contributed by atoms with Crippen LogP contribution in [0.1, 0.15) is 25.8 Å². The summed E-state index contributed by atoms with van der Waals surface area (Å²) in [4.78, 5) is 12.3. The van der Waals surface area contributed by atoms with Gasteiger partial charge in [0.1, 0.15) is 5.76 Å². The number of allylic oxidation sites excluding steroid dienone is 3. The van der Waals surface area contributed by atoms with E-state index in [0.717, 1.165) is 29.1 Å². The van der Waals surface area contributed by atoms with Gasteiger partial charge in [-0.05, 0) is 50.0 Å². The Morgan fingerprint density at radius 1 is 1.06 bits per heavy atom. The first-order valence-corrected chi connectivity index (χ1v) is 11.5. The molecule has 0 radical (unpaired) electrons. The van der Waals surface area contributed by atoms with E-state index in [-0.39, 0.29) is 29.8 Å². The Bertz CT molecular complexity index is 942. The fraction of sp³-hybridized carbons (Fsp3) is 0.519. The number of methoxy groups -OCH3 is 4. The number of carbonyl (C=O) groups excluding carboxylic acids is 1. The number of esters is 1. The van der Waals surface area contributed by atoms with Crippen molar-refractivity contribution in [3.63, 3.8) is 0 Å². The molecule has 1 aliphatic heterocycles. The molecule has 1 heterocycles. The van der Waals surface area contributed by atoms with Crippen LogP contribution in [0.15, 0.2) is 53.5 Å². The number of ether oxygens (including phenoxy) is 6. The molecule has 7 heteroatoms. The fourth-order valence-corrected chi connectivity index (χ4v) is 4.68. The van der Waals surface area contributed by atoms with Crippen LogP contribution in [-0.2, 0) is 30.2 Å². The number of carbonyl (C=O) groups is 1. The molecule has 0 saturated carbocycles. The van der Waals surface area contributed by atoms with Gasteiger partial charge in [0.25, 0.3) is 0 Å². The van der Waals surface area contributed by atoms with Crippen molar-refractivity contribution in [2.75, 3.05) is 41.7 Å². The van der Waals surface area contributed by atoms with Gasteiger partial charge in [0, 0.05) is 24.3 Å². The lowest BCUT2D eigenvalue weighted by molar-refractivity contribution is -0.140. The minimum atomic E-state index is -0.325. The monoisotopic (exact) mass is 472 g/mol. The number of benzene rings is 1. The van der Waals surface area contributed by atoms with Crippen LogP contribution in [0, 0.1) is 17.8 Å². The first kappa shape index (κ1) is 25.7. The molecule has 2 aliphatic rings. The molecule has 0 bridgehead atoms. The summed E-state index contributed by atoms with van der Waals surface area (Å²) in [5.74, 6) is 2.88. The van der Waals surface area contributed by atoms with Crippen molar-refractivity contribution >= 4 is 5.97 Å². The van der Waals surface area contributed by atoms with Crippen molar-refractivity contribution in [1.29, 1.82) is 0 Å². The summed E-state index contributed by atoms with van der Waals surface area (Å²) in [5, 5.41) is 0. The van der Waals surface area contributed by atoms with Gasteiger partial charge in [-0.15, -0.1) is 0 Å². The Hall–Kier alpha value is -2.93. The maximum absolute atomic E-state index is 12.3. The highest BCUT2D eigenvalue weighted by Crippen LogP contribution is 2.40. The SMILES string of the molecule is COC1=C(OC)CC([C@H]2OC[C@H](Cc3ccc(OC)c(OC)c3)[C@@H]2COC(=O)C=C(C)C)C=C1. The first-order valence-electron chi connectivity index (χ1n) is 11.5. The van der Waals surface area contributed by atoms with E-state index in [1.165, 1.54) is 6.08 Å². The van der Waals surface area contributed by atoms with Crippen LogP contribution in [0.4, 0.5) is 0 Å². The second-order valence-corrected chi connectivity index (χ2v) is 8.89. The van der Waals surface area contributed by atoms with Gasteiger partial charge >= 0.3 is 5.97 Å². The first-order chi connectivity index (χ1) is 16.4. The molecule has 1 fully saturated rings. The van der Waals surface area contributed by atoms with Crippen molar-refractivity contribution in [3.05, 3.63) is 59.1 Å². The quantitative estimate of drug-likeness (QED) is 0.368. The lowest BCUT2D eigenvalue weighted by Gasteiger charge is -2.30. The van der Waals surface area contributed by atoms with Gasteiger partial charge in [-0.3, -0.25) is 0 Å².